The third-order valence-electron chi connectivity index (χ3n) is 9.19. The first-order valence-electron chi connectivity index (χ1n) is 16.5. The highest BCUT2D eigenvalue weighted by Gasteiger charge is 2.41. The van der Waals surface area contributed by atoms with E-state index in [1.54, 1.807) is 18.5 Å². The number of hydrogen-bond donors (Lipinski definition) is 2. The lowest BCUT2D eigenvalue weighted by atomic mass is 9.77. The number of benzene rings is 4. The topological polar surface area (TPSA) is 94.0 Å². The second-order valence-electron chi connectivity index (χ2n) is 12.3. The first-order chi connectivity index (χ1) is 24.5. The molecule has 8 rings (SSSR count). The van der Waals surface area contributed by atoms with E-state index in [2.05, 4.69) is 56.7 Å². The molecular weight excluding hydrogens is 627 g/mol. The van der Waals surface area contributed by atoms with E-state index < -0.39 is 11.6 Å². The Hall–Kier alpha value is -6.35. The molecule has 0 saturated heterocycles. The number of hydrogen-bond acceptors (Lipinski definition) is 5. The monoisotopic (exact) mass is 660 g/mol. The largest absolute Gasteiger partial charge is 0.493 e. The fourth-order valence-corrected chi connectivity index (χ4v) is 6.97. The first kappa shape index (κ1) is 31.0. The zero-order valence-electron chi connectivity index (χ0n) is 27.3. The van der Waals surface area contributed by atoms with Crippen molar-refractivity contribution in [2.24, 2.45) is 0 Å². The normalized spacial score (nSPS) is 14.1. The van der Waals surface area contributed by atoms with E-state index in [0.29, 0.717) is 24.6 Å². The van der Waals surface area contributed by atoms with Gasteiger partial charge in [-0.15, -0.1) is 0 Å². The van der Waals surface area contributed by atoms with Gasteiger partial charge < -0.3 is 10.1 Å². The molecule has 50 heavy (non-hydrogen) atoms. The number of pyridine rings is 2. The molecule has 2 amide bonds. The van der Waals surface area contributed by atoms with E-state index in [1.165, 1.54) is 12.1 Å². The summed E-state index contributed by atoms with van der Waals surface area (Å²) in [5.74, 6) is 0.396. The number of carbonyl (C=O) groups is 1. The number of nitrogens with zero attached hydrogens (tertiary/aromatic N) is 4. The lowest BCUT2D eigenvalue weighted by molar-refractivity contribution is 0.232. The third-order valence-corrected chi connectivity index (χ3v) is 9.19. The summed E-state index contributed by atoms with van der Waals surface area (Å²) in [7, 11) is 0. The molecule has 0 spiro atoms. The van der Waals surface area contributed by atoms with Gasteiger partial charge in [-0.05, 0) is 41.8 Å². The molecule has 4 heterocycles. The maximum atomic E-state index is 13.9. The van der Waals surface area contributed by atoms with Crippen molar-refractivity contribution in [3.63, 3.8) is 0 Å². The molecule has 0 fully saturated rings. The molecule has 0 aliphatic carbocycles. The van der Waals surface area contributed by atoms with Crippen LogP contribution in [0.15, 0.2) is 140 Å². The van der Waals surface area contributed by atoms with E-state index in [0.717, 1.165) is 50.1 Å². The van der Waals surface area contributed by atoms with Crippen LogP contribution in [0.1, 0.15) is 40.4 Å². The summed E-state index contributed by atoms with van der Waals surface area (Å²) in [6.45, 7) is 2.32. The highest BCUT2D eigenvalue weighted by atomic mass is 19.1. The summed E-state index contributed by atoms with van der Waals surface area (Å²) in [4.78, 5) is 22.6. The number of ether oxygens (including phenoxy) is 1. The standard InChI is InChI=1S/C41H33FN6O2/c1-27-23-28(19-21-43-27)39-34-26-44-38(46-40(49)45-35-20-22-50-37-24-32(42)17-18-33(35)37)25-36(34)48(47-39)41(29-11-5-2-6-12-29,30-13-7-3-8-14-30)31-15-9-4-10-16-31/h2-19,21,23-26,35H,20,22H2,1H3,(H2,44,45,46,49). The summed E-state index contributed by atoms with van der Waals surface area (Å²) >= 11 is 0. The van der Waals surface area contributed by atoms with Gasteiger partial charge in [-0.3, -0.25) is 10.3 Å². The van der Waals surface area contributed by atoms with Crippen molar-refractivity contribution >= 4 is 22.8 Å². The van der Waals surface area contributed by atoms with Crippen LogP contribution in [0, 0.1) is 12.7 Å². The molecule has 0 saturated carbocycles. The molecule has 8 nitrogen and oxygen atoms in total. The number of halogens is 1. The number of urea groups is 1. The number of amides is 2. The number of aromatic nitrogens is 4. The Balaban J connectivity index is 1.31. The minimum Gasteiger partial charge on any atom is -0.493 e. The average molecular weight is 661 g/mol. The number of fused-ring (bicyclic) bond motifs is 2. The minimum absolute atomic E-state index is 0.350. The number of carbonyl (C=O) groups excluding carboxylic acids is 1. The van der Waals surface area contributed by atoms with Crippen molar-refractivity contribution in [1.29, 1.82) is 0 Å². The van der Waals surface area contributed by atoms with Gasteiger partial charge in [0.05, 0.1) is 18.2 Å². The van der Waals surface area contributed by atoms with Crippen LogP contribution in [0.5, 0.6) is 5.75 Å². The number of anilines is 1. The van der Waals surface area contributed by atoms with Crippen LogP contribution >= 0.6 is 0 Å². The van der Waals surface area contributed by atoms with Gasteiger partial charge in [0.1, 0.15) is 28.6 Å². The maximum Gasteiger partial charge on any atom is 0.320 e. The number of rotatable bonds is 7. The Morgan fingerprint density at radius 1 is 0.840 bits per heavy atom. The highest BCUT2D eigenvalue weighted by molar-refractivity contribution is 5.97. The van der Waals surface area contributed by atoms with Crippen molar-refractivity contribution in [1.82, 2.24) is 25.1 Å². The van der Waals surface area contributed by atoms with Crippen molar-refractivity contribution in [3.8, 4) is 17.0 Å². The van der Waals surface area contributed by atoms with E-state index in [1.807, 2.05) is 79.7 Å². The Morgan fingerprint density at radius 3 is 2.14 bits per heavy atom. The van der Waals surface area contributed by atoms with Crippen LogP contribution in [0.25, 0.3) is 22.2 Å². The molecule has 1 atom stereocenters. The molecule has 1 aliphatic rings. The maximum absolute atomic E-state index is 13.9. The lowest BCUT2D eigenvalue weighted by Crippen LogP contribution is -2.38. The summed E-state index contributed by atoms with van der Waals surface area (Å²) in [6.07, 6.45) is 4.09. The van der Waals surface area contributed by atoms with Gasteiger partial charge in [0, 0.05) is 53.2 Å². The molecule has 4 aromatic carbocycles. The van der Waals surface area contributed by atoms with Gasteiger partial charge in [-0.2, -0.15) is 5.10 Å². The fourth-order valence-electron chi connectivity index (χ4n) is 6.97. The summed E-state index contributed by atoms with van der Waals surface area (Å²) in [6, 6.07) is 40.4. The SMILES string of the molecule is Cc1cc(-c2nn(C(c3ccccc3)(c3ccccc3)c3ccccc3)c3cc(NC(=O)NC4CCOc5cc(F)ccc54)ncc23)ccn1. The smallest absolute Gasteiger partial charge is 0.320 e. The van der Waals surface area contributed by atoms with Crippen molar-refractivity contribution < 1.29 is 13.9 Å². The zero-order valence-corrected chi connectivity index (χ0v) is 27.3. The summed E-state index contributed by atoms with van der Waals surface area (Å²) < 4.78 is 21.6. The molecule has 0 bridgehead atoms. The minimum atomic E-state index is -0.912. The van der Waals surface area contributed by atoms with Crippen molar-refractivity contribution in [2.75, 3.05) is 11.9 Å². The van der Waals surface area contributed by atoms with Gasteiger partial charge >= 0.3 is 6.03 Å². The Kier molecular flexibility index (Phi) is 8.00. The summed E-state index contributed by atoms with van der Waals surface area (Å²) in [5.41, 5.74) is 6.13. The van der Waals surface area contributed by atoms with Crippen molar-refractivity contribution in [3.05, 3.63) is 174 Å². The van der Waals surface area contributed by atoms with Crippen LogP contribution in [-0.4, -0.2) is 32.4 Å². The average Bonchev–Trinajstić information content (AvgIpc) is 3.52. The predicted octanol–water partition coefficient (Wildman–Crippen LogP) is 8.43. The quantitative estimate of drug-likeness (QED) is 0.168. The predicted molar refractivity (Wildman–Crippen MR) is 192 cm³/mol. The van der Waals surface area contributed by atoms with E-state index in [9.17, 15) is 9.18 Å². The van der Waals surface area contributed by atoms with E-state index in [-0.39, 0.29) is 11.9 Å². The van der Waals surface area contributed by atoms with Crippen LogP contribution < -0.4 is 15.4 Å². The molecule has 246 valence electrons. The molecule has 3 aromatic heterocycles. The Morgan fingerprint density at radius 2 is 1.50 bits per heavy atom. The van der Waals surface area contributed by atoms with E-state index in [4.69, 9.17) is 14.8 Å². The van der Waals surface area contributed by atoms with E-state index >= 15 is 0 Å². The molecule has 1 unspecified atom stereocenters. The van der Waals surface area contributed by atoms with Crippen LogP contribution in [-0.2, 0) is 5.54 Å². The van der Waals surface area contributed by atoms with Crippen molar-refractivity contribution in [2.45, 2.75) is 24.9 Å². The van der Waals surface area contributed by atoms with Gasteiger partial charge in [0.25, 0.3) is 0 Å². The Bertz CT molecular complexity index is 2210. The lowest BCUT2D eigenvalue weighted by Gasteiger charge is -2.37. The van der Waals surface area contributed by atoms with Gasteiger partial charge in [0.15, 0.2) is 0 Å². The molecular formula is C41H33FN6O2. The zero-order chi connectivity index (χ0) is 34.1. The molecule has 0 radical (unpaired) electrons. The van der Waals surface area contributed by atoms with Gasteiger partial charge in [0.2, 0.25) is 0 Å². The van der Waals surface area contributed by atoms with Crippen LogP contribution in [0.2, 0.25) is 0 Å². The summed E-state index contributed by atoms with van der Waals surface area (Å²) in [5, 5.41) is 12.2. The number of nitrogens with one attached hydrogen (secondary N) is 2. The molecule has 9 heteroatoms. The fraction of sp³-hybridized carbons (Fsp3) is 0.122. The second-order valence-corrected chi connectivity index (χ2v) is 12.3. The van der Waals surface area contributed by atoms with Gasteiger partial charge in [-0.25, -0.2) is 18.9 Å². The second kappa shape index (κ2) is 12.9. The third kappa shape index (κ3) is 5.52. The highest BCUT2D eigenvalue weighted by Crippen LogP contribution is 2.44. The molecule has 1 aliphatic heterocycles. The van der Waals surface area contributed by atoms with Crippen LogP contribution in [0.3, 0.4) is 0 Å². The molecule has 2 N–H and O–H groups in total. The molecule has 7 aromatic rings. The number of aryl methyl sites for hydroxylation is 1. The first-order valence-corrected chi connectivity index (χ1v) is 16.5. The Labute approximate surface area is 288 Å². The van der Waals surface area contributed by atoms with Gasteiger partial charge in [-0.1, -0.05) is 97.1 Å². The van der Waals surface area contributed by atoms with Crippen LogP contribution in [0.4, 0.5) is 15.0 Å².